The van der Waals surface area contributed by atoms with Gasteiger partial charge in [0, 0.05) is 11.3 Å². The molecule has 0 aromatic heterocycles. The summed E-state index contributed by atoms with van der Waals surface area (Å²) >= 11 is 8.14. The van der Waals surface area contributed by atoms with Crippen LogP contribution < -0.4 is 4.74 Å². The van der Waals surface area contributed by atoms with Crippen molar-refractivity contribution in [3.05, 3.63) is 34.9 Å². The van der Waals surface area contributed by atoms with E-state index in [9.17, 15) is 13.6 Å². The van der Waals surface area contributed by atoms with Crippen LogP contribution >= 0.6 is 34.2 Å². The summed E-state index contributed by atoms with van der Waals surface area (Å²) in [5, 5.41) is 8.76. The Balaban J connectivity index is 2.34. The van der Waals surface area contributed by atoms with Crippen LogP contribution in [0.5, 0.6) is 5.75 Å². The van der Waals surface area contributed by atoms with E-state index in [1.807, 2.05) is 28.7 Å². The van der Waals surface area contributed by atoms with Crippen LogP contribution in [0, 0.1) is 11.3 Å². The molecule has 0 saturated heterocycles. The summed E-state index contributed by atoms with van der Waals surface area (Å²) in [7, 11) is 0. The highest BCUT2D eigenvalue weighted by Crippen LogP contribution is 2.34. The molecule has 0 bridgehead atoms. The number of carbonyl (C=O) groups excluding carboxylic acids is 1. The number of alkyl halides is 3. The number of carbonyl (C=O) groups is 1. The minimum absolute atomic E-state index is 0.120. The van der Waals surface area contributed by atoms with Crippen LogP contribution in [-0.4, -0.2) is 34.3 Å². The zero-order chi connectivity index (χ0) is 17.0. The number of nitriles is 1. The van der Waals surface area contributed by atoms with Gasteiger partial charge in [-0.15, -0.1) is 0 Å². The summed E-state index contributed by atoms with van der Waals surface area (Å²) in [6, 6.07) is 6.52. The molecule has 0 aliphatic carbocycles. The van der Waals surface area contributed by atoms with Gasteiger partial charge in [0.05, 0.1) is 15.5 Å². The van der Waals surface area contributed by atoms with E-state index in [4.69, 9.17) is 21.6 Å². The number of benzene rings is 1. The average molecular weight is 453 g/mol. The van der Waals surface area contributed by atoms with E-state index in [-0.39, 0.29) is 21.5 Å². The number of rotatable bonds is 5. The number of hydrogen-bond acceptors (Lipinski definition) is 3. The highest BCUT2D eigenvalue weighted by atomic mass is 127. The number of halogens is 4. The summed E-state index contributed by atoms with van der Waals surface area (Å²) in [4.78, 5) is 13.3. The van der Waals surface area contributed by atoms with E-state index >= 15 is 0 Å². The Morgan fingerprint density at radius 3 is 2.87 bits per heavy atom. The van der Waals surface area contributed by atoms with Gasteiger partial charge in [0.25, 0.3) is 6.43 Å². The lowest BCUT2D eigenvalue weighted by Crippen LogP contribution is -2.40. The Kier molecular flexibility index (Phi) is 6.18. The first-order valence-corrected chi connectivity index (χ1v) is 8.29. The van der Waals surface area contributed by atoms with Gasteiger partial charge >= 0.3 is 0 Å². The van der Waals surface area contributed by atoms with Crippen LogP contribution in [0.3, 0.4) is 0 Å². The van der Waals surface area contributed by atoms with Gasteiger partial charge in [-0.05, 0) is 24.6 Å². The molecule has 0 spiro atoms. The molecule has 0 saturated carbocycles. The van der Waals surface area contributed by atoms with Crippen LogP contribution in [0.1, 0.15) is 12.0 Å². The molecule has 1 amide bonds. The molecule has 1 aliphatic rings. The number of ether oxygens (including phenoxy) is 1. The predicted octanol–water partition coefficient (Wildman–Crippen LogP) is 3.88. The second-order valence-electron chi connectivity index (χ2n) is 4.72. The van der Waals surface area contributed by atoms with Crippen molar-refractivity contribution in [3.63, 3.8) is 0 Å². The fourth-order valence-electron chi connectivity index (χ4n) is 2.20. The van der Waals surface area contributed by atoms with Crippen LogP contribution in [0.4, 0.5) is 8.78 Å². The zero-order valence-corrected chi connectivity index (χ0v) is 14.7. The fourth-order valence-corrected chi connectivity index (χ4v) is 3.06. The van der Waals surface area contributed by atoms with Crippen molar-refractivity contribution < 1.29 is 18.3 Å². The molecule has 122 valence electrons. The first kappa shape index (κ1) is 17.9. The van der Waals surface area contributed by atoms with E-state index in [1.54, 1.807) is 18.2 Å². The third-order valence-electron chi connectivity index (χ3n) is 3.18. The maximum atomic E-state index is 12.8. The Morgan fingerprint density at radius 1 is 1.52 bits per heavy atom. The molecule has 1 unspecified atom stereocenters. The molecule has 0 N–H and O–H groups in total. The lowest BCUT2D eigenvalue weighted by molar-refractivity contribution is -0.128. The smallest absolute Gasteiger partial charge is 0.256 e. The molecule has 23 heavy (non-hydrogen) atoms. The molecule has 2 rings (SSSR count). The van der Waals surface area contributed by atoms with E-state index in [0.717, 1.165) is 4.90 Å². The van der Waals surface area contributed by atoms with Gasteiger partial charge in [0.15, 0.2) is 6.61 Å². The molecule has 1 heterocycles. The fraction of sp³-hybridized carbons (Fsp3) is 0.333. The monoisotopic (exact) mass is 452 g/mol. The molecule has 1 aromatic rings. The molecule has 1 atom stereocenters. The normalized spacial score (nSPS) is 17.9. The summed E-state index contributed by atoms with van der Waals surface area (Å²) in [6.45, 7) is -0.794. The Labute approximate surface area is 150 Å². The lowest BCUT2D eigenvalue weighted by atomic mass is 10.0. The molecular weight excluding hydrogens is 441 g/mol. The van der Waals surface area contributed by atoms with E-state index in [1.165, 1.54) is 6.07 Å². The minimum Gasteiger partial charge on any atom is -0.479 e. The number of allylic oxidation sites excluding steroid dienone is 1. The van der Waals surface area contributed by atoms with E-state index < -0.39 is 13.0 Å². The Bertz CT molecular complexity index is 676. The highest BCUT2D eigenvalue weighted by molar-refractivity contribution is 14.1. The van der Waals surface area contributed by atoms with Crippen molar-refractivity contribution in [2.45, 2.75) is 16.8 Å². The lowest BCUT2D eigenvalue weighted by Gasteiger charge is -2.31. The largest absolute Gasteiger partial charge is 0.479 e. The standard InChI is InChI=1S/C15H12ClF2IN2O2/c16-11-7-9(23-6-5-20)1-2-10(11)13-4-3-12(19)15(22)21(13)8-14(17)18/h1-2,4,7,12,14H,3,6,8H2. The van der Waals surface area contributed by atoms with Gasteiger partial charge in [0.1, 0.15) is 11.8 Å². The maximum Gasteiger partial charge on any atom is 0.256 e. The molecule has 0 radical (unpaired) electrons. The van der Waals surface area contributed by atoms with Gasteiger partial charge < -0.3 is 9.64 Å². The zero-order valence-electron chi connectivity index (χ0n) is 11.8. The quantitative estimate of drug-likeness (QED) is 0.503. The molecule has 1 aromatic carbocycles. The number of nitrogens with zero attached hydrogens (tertiary/aromatic N) is 2. The third kappa shape index (κ3) is 4.32. The molecule has 1 aliphatic heterocycles. The summed E-state index contributed by atoms with van der Waals surface area (Å²) in [6.07, 6.45) is -0.448. The summed E-state index contributed by atoms with van der Waals surface area (Å²) < 4.78 is 30.4. The minimum atomic E-state index is -2.64. The second-order valence-corrected chi connectivity index (χ2v) is 6.63. The molecule has 0 fully saturated rings. The van der Waals surface area contributed by atoms with Crippen molar-refractivity contribution in [2.75, 3.05) is 13.2 Å². The van der Waals surface area contributed by atoms with Crippen LogP contribution in [0.25, 0.3) is 5.70 Å². The highest BCUT2D eigenvalue weighted by Gasteiger charge is 2.31. The second kappa shape index (κ2) is 7.93. The van der Waals surface area contributed by atoms with Crippen molar-refractivity contribution in [1.82, 2.24) is 4.90 Å². The van der Waals surface area contributed by atoms with Gasteiger partial charge in [-0.1, -0.05) is 40.3 Å². The van der Waals surface area contributed by atoms with Crippen LogP contribution in [-0.2, 0) is 4.79 Å². The van der Waals surface area contributed by atoms with Gasteiger partial charge in [0.2, 0.25) is 5.91 Å². The van der Waals surface area contributed by atoms with Crippen molar-refractivity contribution >= 4 is 45.8 Å². The number of amides is 1. The van der Waals surface area contributed by atoms with Crippen LogP contribution in [0.2, 0.25) is 5.02 Å². The number of hydrogen-bond donors (Lipinski definition) is 0. The predicted molar refractivity (Wildman–Crippen MR) is 90.7 cm³/mol. The van der Waals surface area contributed by atoms with E-state index in [2.05, 4.69) is 0 Å². The van der Waals surface area contributed by atoms with Crippen molar-refractivity contribution in [1.29, 1.82) is 5.26 Å². The summed E-state index contributed by atoms with van der Waals surface area (Å²) in [5.41, 5.74) is 0.855. The van der Waals surface area contributed by atoms with Gasteiger partial charge in [-0.2, -0.15) is 5.26 Å². The first-order valence-electron chi connectivity index (χ1n) is 6.67. The van der Waals surface area contributed by atoms with E-state index in [0.29, 0.717) is 23.4 Å². The average Bonchev–Trinajstić information content (AvgIpc) is 2.50. The molecular formula is C15H12ClF2IN2O2. The summed E-state index contributed by atoms with van der Waals surface area (Å²) in [5.74, 6) is 0.0412. The topological polar surface area (TPSA) is 53.3 Å². The third-order valence-corrected chi connectivity index (χ3v) is 4.54. The SMILES string of the molecule is N#CCOc1ccc(C2=CCC(I)C(=O)N2CC(F)F)c(Cl)c1. The Hall–Kier alpha value is -1.40. The molecule has 8 heteroatoms. The Morgan fingerprint density at radius 2 is 2.26 bits per heavy atom. The van der Waals surface area contributed by atoms with Gasteiger partial charge in [-0.3, -0.25) is 4.79 Å². The first-order chi connectivity index (χ1) is 10.9. The van der Waals surface area contributed by atoms with Gasteiger partial charge in [-0.25, -0.2) is 8.78 Å². The van der Waals surface area contributed by atoms with Crippen molar-refractivity contribution in [2.24, 2.45) is 0 Å². The molecule has 4 nitrogen and oxygen atoms in total. The maximum absolute atomic E-state index is 12.8. The van der Waals surface area contributed by atoms with Crippen LogP contribution in [0.15, 0.2) is 24.3 Å². The van der Waals surface area contributed by atoms with Crippen molar-refractivity contribution in [3.8, 4) is 11.8 Å².